The Hall–Kier alpha value is -2.11. The Labute approximate surface area is 105 Å². The van der Waals surface area contributed by atoms with Gasteiger partial charge in [0, 0.05) is 24.4 Å². The van der Waals surface area contributed by atoms with Crippen molar-refractivity contribution in [1.82, 2.24) is 0 Å². The van der Waals surface area contributed by atoms with E-state index in [0.717, 1.165) is 5.56 Å². The molecule has 0 saturated carbocycles. The molecule has 0 bridgehead atoms. The summed E-state index contributed by atoms with van der Waals surface area (Å²) in [5.74, 6) is -0.626. The Morgan fingerprint density at radius 2 is 2.22 bits per heavy atom. The number of nitrogens with zero attached hydrogens (tertiary/aromatic N) is 1. The maximum atomic E-state index is 11.2. The first kappa shape index (κ1) is 14.0. The number of carbonyl (C=O) groups excluding carboxylic acids is 1. The van der Waals surface area contributed by atoms with Gasteiger partial charge in [-0.3, -0.25) is 14.9 Å². The highest BCUT2D eigenvalue weighted by atomic mass is 16.6. The summed E-state index contributed by atoms with van der Waals surface area (Å²) in [4.78, 5) is 21.4. The zero-order chi connectivity index (χ0) is 13.7. The molecule has 18 heavy (non-hydrogen) atoms. The molecule has 98 valence electrons. The largest absolute Gasteiger partial charge is 0.469 e. The molecule has 0 aliphatic carbocycles. The Kier molecular flexibility index (Phi) is 4.65. The molecule has 0 aromatic heterocycles. The van der Waals surface area contributed by atoms with Crippen molar-refractivity contribution in [1.29, 1.82) is 0 Å². The lowest BCUT2D eigenvalue weighted by Gasteiger charge is -2.13. The van der Waals surface area contributed by atoms with Gasteiger partial charge in [0.25, 0.3) is 5.69 Å². The molecule has 0 saturated heterocycles. The quantitative estimate of drug-likeness (QED) is 0.493. The third-order valence-corrected chi connectivity index (χ3v) is 2.63. The number of benzene rings is 1. The number of anilines is 1. The molecule has 6 nitrogen and oxygen atoms in total. The van der Waals surface area contributed by atoms with Crippen molar-refractivity contribution in [3.05, 3.63) is 33.9 Å². The normalized spacial score (nSPS) is 11.7. The molecule has 0 heterocycles. The molecule has 1 N–H and O–H groups in total. The van der Waals surface area contributed by atoms with E-state index >= 15 is 0 Å². The predicted molar refractivity (Wildman–Crippen MR) is 67.5 cm³/mol. The van der Waals surface area contributed by atoms with Crippen LogP contribution in [-0.2, 0) is 9.53 Å². The molecule has 1 unspecified atom stereocenters. The van der Waals surface area contributed by atoms with Crippen LogP contribution in [0.2, 0.25) is 0 Å². The highest BCUT2D eigenvalue weighted by molar-refractivity contribution is 5.72. The number of esters is 1. The van der Waals surface area contributed by atoms with Crippen molar-refractivity contribution in [2.75, 3.05) is 19.0 Å². The summed E-state index contributed by atoms with van der Waals surface area (Å²) >= 11 is 0. The molecule has 0 radical (unpaired) electrons. The minimum absolute atomic E-state index is 0.0221. The van der Waals surface area contributed by atoms with Gasteiger partial charge in [-0.2, -0.15) is 0 Å². The van der Waals surface area contributed by atoms with Gasteiger partial charge in [-0.15, -0.1) is 0 Å². The summed E-state index contributed by atoms with van der Waals surface area (Å²) in [5.41, 5.74) is 1.56. The van der Waals surface area contributed by atoms with Crippen molar-refractivity contribution < 1.29 is 14.5 Å². The summed E-state index contributed by atoms with van der Waals surface area (Å²) in [7, 11) is 1.33. The van der Waals surface area contributed by atoms with Crippen LogP contribution in [0.5, 0.6) is 0 Å². The van der Waals surface area contributed by atoms with Crippen molar-refractivity contribution in [3.63, 3.8) is 0 Å². The maximum Gasteiger partial charge on any atom is 0.310 e. The van der Waals surface area contributed by atoms with Gasteiger partial charge in [0.1, 0.15) is 0 Å². The predicted octanol–water partition coefficient (Wildman–Crippen LogP) is 2.12. The van der Waals surface area contributed by atoms with Crippen LogP contribution in [0.15, 0.2) is 18.2 Å². The van der Waals surface area contributed by atoms with E-state index in [0.29, 0.717) is 12.2 Å². The Bertz CT molecular complexity index is 459. The lowest BCUT2D eigenvalue weighted by atomic mass is 10.1. The fourth-order valence-corrected chi connectivity index (χ4v) is 1.46. The van der Waals surface area contributed by atoms with Crippen molar-refractivity contribution in [3.8, 4) is 0 Å². The van der Waals surface area contributed by atoms with Crippen LogP contribution in [0.1, 0.15) is 12.5 Å². The van der Waals surface area contributed by atoms with Crippen LogP contribution in [0.4, 0.5) is 11.4 Å². The minimum atomic E-state index is -0.450. The molecule has 1 aromatic rings. The molecular weight excluding hydrogens is 236 g/mol. The molecule has 0 aliphatic heterocycles. The number of rotatable bonds is 5. The second kappa shape index (κ2) is 6.00. The van der Waals surface area contributed by atoms with E-state index in [-0.39, 0.29) is 17.6 Å². The van der Waals surface area contributed by atoms with Gasteiger partial charge in [0.15, 0.2) is 0 Å². The van der Waals surface area contributed by atoms with Gasteiger partial charge in [-0.25, -0.2) is 0 Å². The van der Waals surface area contributed by atoms with Gasteiger partial charge in [-0.1, -0.05) is 13.0 Å². The van der Waals surface area contributed by atoms with Gasteiger partial charge < -0.3 is 10.1 Å². The van der Waals surface area contributed by atoms with Crippen LogP contribution in [0.25, 0.3) is 0 Å². The van der Waals surface area contributed by atoms with Crippen LogP contribution < -0.4 is 5.32 Å². The van der Waals surface area contributed by atoms with E-state index in [2.05, 4.69) is 10.1 Å². The summed E-state index contributed by atoms with van der Waals surface area (Å²) < 4.78 is 4.61. The molecule has 0 fully saturated rings. The van der Waals surface area contributed by atoms with Crippen molar-refractivity contribution in [2.24, 2.45) is 5.92 Å². The van der Waals surface area contributed by atoms with Crippen LogP contribution >= 0.6 is 0 Å². The number of methoxy groups -OCH3 is 1. The summed E-state index contributed by atoms with van der Waals surface area (Å²) in [6.07, 6.45) is 0. The zero-order valence-electron chi connectivity index (χ0n) is 10.6. The third-order valence-electron chi connectivity index (χ3n) is 2.63. The van der Waals surface area contributed by atoms with Crippen LogP contribution in [-0.4, -0.2) is 24.5 Å². The highest BCUT2D eigenvalue weighted by Crippen LogP contribution is 2.22. The van der Waals surface area contributed by atoms with Gasteiger partial charge in [-0.05, 0) is 12.5 Å². The number of ether oxygens (including phenoxy) is 1. The first-order valence-corrected chi connectivity index (χ1v) is 5.52. The number of hydrogen-bond donors (Lipinski definition) is 1. The van der Waals surface area contributed by atoms with Crippen LogP contribution in [0, 0.1) is 23.0 Å². The lowest BCUT2D eigenvalue weighted by Crippen LogP contribution is -2.21. The summed E-state index contributed by atoms with van der Waals surface area (Å²) in [6.45, 7) is 3.94. The van der Waals surface area contributed by atoms with E-state index in [4.69, 9.17) is 0 Å². The van der Waals surface area contributed by atoms with Gasteiger partial charge in [0.05, 0.1) is 18.0 Å². The average Bonchev–Trinajstić information content (AvgIpc) is 2.36. The average molecular weight is 252 g/mol. The van der Waals surface area contributed by atoms with Gasteiger partial charge in [0.2, 0.25) is 0 Å². The van der Waals surface area contributed by atoms with Crippen molar-refractivity contribution in [2.45, 2.75) is 13.8 Å². The van der Waals surface area contributed by atoms with E-state index in [9.17, 15) is 14.9 Å². The number of non-ortho nitro benzene ring substituents is 1. The van der Waals surface area contributed by atoms with E-state index in [1.807, 2.05) is 6.92 Å². The number of carbonyl (C=O) groups is 1. The van der Waals surface area contributed by atoms with E-state index < -0.39 is 4.92 Å². The number of nitrogens with one attached hydrogen (secondary N) is 1. The third kappa shape index (κ3) is 3.44. The second-order valence-electron chi connectivity index (χ2n) is 4.06. The second-order valence-corrected chi connectivity index (χ2v) is 4.06. The number of nitro benzene ring substituents is 1. The van der Waals surface area contributed by atoms with Gasteiger partial charge >= 0.3 is 5.97 Å². The molecule has 1 rings (SSSR count). The molecule has 1 aromatic carbocycles. The summed E-state index contributed by atoms with van der Waals surface area (Å²) in [5, 5.41) is 13.7. The number of aryl methyl sites for hydroxylation is 1. The highest BCUT2D eigenvalue weighted by Gasteiger charge is 2.14. The molecule has 0 aliphatic rings. The summed E-state index contributed by atoms with van der Waals surface area (Å²) in [6, 6.07) is 4.58. The monoisotopic (exact) mass is 252 g/mol. The zero-order valence-corrected chi connectivity index (χ0v) is 10.6. The Balaban J connectivity index is 2.75. The smallest absolute Gasteiger partial charge is 0.310 e. The standard InChI is InChI=1S/C12H16N2O4/c1-8-4-5-10(14(16)17)6-11(8)13-7-9(2)12(15)18-3/h4-6,9,13H,7H2,1-3H3. The Morgan fingerprint density at radius 1 is 1.56 bits per heavy atom. The fraction of sp³-hybridized carbons (Fsp3) is 0.417. The van der Waals surface area contributed by atoms with Crippen LogP contribution in [0.3, 0.4) is 0 Å². The first-order valence-electron chi connectivity index (χ1n) is 5.52. The number of nitro groups is 1. The minimum Gasteiger partial charge on any atom is -0.469 e. The SMILES string of the molecule is COC(=O)C(C)CNc1cc([N+](=O)[O-])ccc1C. The fourth-order valence-electron chi connectivity index (χ4n) is 1.46. The lowest BCUT2D eigenvalue weighted by molar-refractivity contribution is -0.384. The molecule has 6 heteroatoms. The first-order chi connectivity index (χ1) is 8.45. The maximum absolute atomic E-state index is 11.2. The molecule has 1 atom stereocenters. The molecular formula is C12H16N2O4. The van der Waals surface area contributed by atoms with Crippen molar-refractivity contribution >= 4 is 17.3 Å². The molecule has 0 amide bonds. The van der Waals surface area contributed by atoms with E-state index in [1.54, 1.807) is 13.0 Å². The number of hydrogen-bond acceptors (Lipinski definition) is 5. The topological polar surface area (TPSA) is 81.5 Å². The Morgan fingerprint density at radius 3 is 2.78 bits per heavy atom. The van der Waals surface area contributed by atoms with E-state index in [1.165, 1.54) is 19.2 Å². The molecule has 0 spiro atoms.